The number of nitrogens with zero attached hydrogens (tertiary/aromatic N) is 3. The first-order chi connectivity index (χ1) is 19.5. The van der Waals surface area contributed by atoms with Gasteiger partial charge in [0.15, 0.2) is 4.80 Å². The number of fused-ring (bicyclic) bond motifs is 2. The maximum Gasteiger partial charge on any atom is 0.338 e. The molecule has 0 amide bonds. The van der Waals surface area contributed by atoms with Crippen molar-refractivity contribution in [2.24, 2.45) is 12.0 Å². The molecule has 0 bridgehead atoms. The highest BCUT2D eigenvalue weighted by Gasteiger charge is 2.35. The molecular formula is C32H27N3O4S. The number of ether oxygens (including phenoxy) is 2. The Hall–Kier alpha value is -4.69. The van der Waals surface area contributed by atoms with Gasteiger partial charge in [0.2, 0.25) is 0 Å². The van der Waals surface area contributed by atoms with Crippen molar-refractivity contribution in [1.29, 1.82) is 0 Å². The van der Waals surface area contributed by atoms with Crippen LogP contribution in [0.4, 0.5) is 0 Å². The summed E-state index contributed by atoms with van der Waals surface area (Å²) in [5.74, 6) is 0.109. The van der Waals surface area contributed by atoms with Crippen LogP contribution in [0.3, 0.4) is 0 Å². The SMILES string of the molecule is CCOC(=O)C1=C(c2ccccc2)N=c2s/c(=C/c3cn(C)c4ccccc34)c(=O)n2[C@@H]1c1cccc(OC)c1. The number of hydrogen-bond donors (Lipinski definition) is 0. The Morgan fingerprint density at radius 1 is 1.05 bits per heavy atom. The summed E-state index contributed by atoms with van der Waals surface area (Å²) in [4.78, 5) is 33.2. The number of thiazole rings is 1. The van der Waals surface area contributed by atoms with Crippen LogP contribution in [0, 0.1) is 0 Å². The molecule has 0 saturated heterocycles. The third-order valence-corrected chi connectivity index (χ3v) is 7.98. The minimum Gasteiger partial charge on any atom is -0.497 e. The van der Waals surface area contributed by atoms with E-state index in [2.05, 4.69) is 6.07 Å². The van der Waals surface area contributed by atoms with Gasteiger partial charge in [-0.2, -0.15) is 0 Å². The molecule has 8 heteroatoms. The Bertz CT molecular complexity index is 1960. The van der Waals surface area contributed by atoms with Crippen LogP contribution in [0.5, 0.6) is 5.75 Å². The lowest BCUT2D eigenvalue weighted by Crippen LogP contribution is -2.40. The molecule has 0 fully saturated rings. The summed E-state index contributed by atoms with van der Waals surface area (Å²) in [6.45, 7) is 1.96. The van der Waals surface area contributed by atoms with Crippen molar-refractivity contribution in [3.63, 3.8) is 0 Å². The van der Waals surface area contributed by atoms with E-state index in [4.69, 9.17) is 14.5 Å². The first kappa shape index (κ1) is 25.6. The number of rotatable bonds is 6. The van der Waals surface area contributed by atoms with Crippen LogP contribution in [-0.4, -0.2) is 28.8 Å². The second-order valence-corrected chi connectivity index (χ2v) is 10.4. The largest absolute Gasteiger partial charge is 0.497 e. The molecule has 0 unspecified atom stereocenters. The van der Waals surface area contributed by atoms with E-state index in [9.17, 15) is 9.59 Å². The van der Waals surface area contributed by atoms with E-state index < -0.39 is 12.0 Å². The summed E-state index contributed by atoms with van der Waals surface area (Å²) in [6, 6.07) is 24.3. The Balaban J connectivity index is 1.66. The molecule has 7 nitrogen and oxygen atoms in total. The highest BCUT2D eigenvalue weighted by Crippen LogP contribution is 2.36. The van der Waals surface area contributed by atoms with Crippen LogP contribution in [-0.2, 0) is 16.6 Å². The molecule has 40 heavy (non-hydrogen) atoms. The fraction of sp³-hybridized carbons (Fsp3) is 0.156. The predicted molar refractivity (Wildman–Crippen MR) is 157 cm³/mol. The first-order valence-electron chi connectivity index (χ1n) is 13.0. The molecule has 6 rings (SSSR count). The Morgan fingerprint density at radius 3 is 2.60 bits per heavy atom. The fourth-order valence-electron chi connectivity index (χ4n) is 5.20. The van der Waals surface area contributed by atoms with Crippen LogP contribution in [0.15, 0.2) is 100 Å². The summed E-state index contributed by atoms with van der Waals surface area (Å²) in [7, 11) is 3.58. The summed E-state index contributed by atoms with van der Waals surface area (Å²) in [6.07, 6.45) is 3.92. The van der Waals surface area contributed by atoms with E-state index in [0.29, 0.717) is 26.4 Å². The number of carbonyl (C=O) groups excluding carboxylic acids is 1. The van der Waals surface area contributed by atoms with Crippen molar-refractivity contribution >= 4 is 40.0 Å². The number of carbonyl (C=O) groups is 1. The summed E-state index contributed by atoms with van der Waals surface area (Å²) in [5, 5.41) is 1.05. The maximum absolute atomic E-state index is 14.1. The lowest BCUT2D eigenvalue weighted by atomic mass is 9.93. The normalized spacial score (nSPS) is 15.2. The minimum absolute atomic E-state index is 0.195. The number of hydrogen-bond acceptors (Lipinski definition) is 6. The summed E-state index contributed by atoms with van der Waals surface area (Å²) < 4.78 is 15.2. The summed E-state index contributed by atoms with van der Waals surface area (Å²) >= 11 is 1.31. The quantitative estimate of drug-likeness (QED) is 0.294. The Labute approximate surface area is 234 Å². The molecule has 1 aliphatic rings. The fourth-order valence-corrected chi connectivity index (χ4v) is 6.19. The molecular weight excluding hydrogens is 522 g/mol. The molecule has 5 aromatic rings. The molecule has 2 aromatic heterocycles. The number of benzene rings is 3. The van der Waals surface area contributed by atoms with Crippen molar-refractivity contribution in [3.8, 4) is 5.75 Å². The van der Waals surface area contributed by atoms with Crippen molar-refractivity contribution in [1.82, 2.24) is 9.13 Å². The van der Waals surface area contributed by atoms with Crippen molar-refractivity contribution in [2.75, 3.05) is 13.7 Å². The second kappa shape index (κ2) is 10.5. The van der Waals surface area contributed by atoms with Gasteiger partial charge in [0.25, 0.3) is 5.56 Å². The molecule has 1 aliphatic heterocycles. The van der Waals surface area contributed by atoms with Crippen LogP contribution < -0.4 is 19.6 Å². The molecule has 0 aliphatic carbocycles. The molecule has 3 aromatic carbocycles. The third-order valence-electron chi connectivity index (χ3n) is 7.00. The highest BCUT2D eigenvalue weighted by atomic mass is 32.1. The molecule has 0 radical (unpaired) electrons. The number of aryl methyl sites for hydroxylation is 1. The summed E-state index contributed by atoms with van der Waals surface area (Å²) in [5.41, 5.74) is 4.09. The Kier molecular flexibility index (Phi) is 6.69. The van der Waals surface area contributed by atoms with Gasteiger partial charge in [0.1, 0.15) is 5.75 Å². The van der Waals surface area contributed by atoms with Crippen LogP contribution in [0.2, 0.25) is 0 Å². The van der Waals surface area contributed by atoms with E-state index >= 15 is 0 Å². The maximum atomic E-state index is 14.1. The monoisotopic (exact) mass is 549 g/mol. The van der Waals surface area contributed by atoms with Gasteiger partial charge in [-0.25, -0.2) is 9.79 Å². The number of aromatic nitrogens is 2. The smallest absolute Gasteiger partial charge is 0.338 e. The standard InChI is InChI=1S/C32H27N3O4S/c1-4-39-31(37)27-28(20-11-6-5-7-12-20)33-32-35(29(27)21-13-10-14-23(17-21)38-3)30(36)26(40-32)18-22-19-34(2)25-16-9-8-15-24(22)25/h5-19,29H,4H2,1-3H3/b26-18+/t29-/m1/s1. The van der Waals surface area contributed by atoms with Crippen molar-refractivity contribution in [2.45, 2.75) is 13.0 Å². The van der Waals surface area contributed by atoms with Crippen molar-refractivity contribution < 1.29 is 14.3 Å². The van der Waals surface area contributed by atoms with E-state index in [-0.39, 0.29) is 12.2 Å². The third kappa shape index (κ3) is 4.36. The van der Waals surface area contributed by atoms with Gasteiger partial charge in [-0.15, -0.1) is 0 Å². The van der Waals surface area contributed by atoms with Crippen LogP contribution in [0.1, 0.15) is 29.7 Å². The van der Waals surface area contributed by atoms with E-state index in [1.807, 2.05) is 96.7 Å². The number of esters is 1. The molecule has 3 heterocycles. The van der Waals surface area contributed by atoms with Gasteiger partial charge in [-0.3, -0.25) is 9.36 Å². The predicted octanol–water partition coefficient (Wildman–Crippen LogP) is 4.44. The molecule has 0 saturated carbocycles. The van der Waals surface area contributed by atoms with Gasteiger partial charge in [0, 0.05) is 35.3 Å². The average Bonchev–Trinajstić information content (AvgIpc) is 3.48. The average molecular weight is 550 g/mol. The Morgan fingerprint density at radius 2 is 1.82 bits per heavy atom. The first-order valence-corrected chi connectivity index (χ1v) is 13.8. The van der Waals surface area contributed by atoms with Gasteiger partial charge < -0.3 is 14.0 Å². The minimum atomic E-state index is -0.754. The zero-order valence-corrected chi connectivity index (χ0v) is 23.1. The molecule has 1 atom stereocenters. The van der Waals surface area contributed by atoms with E-state index in [0.717, 1.165) is 27.6 Å². The lowest BCUT2D eigenvalue weighted by Gasteiger charge is -2.26. The van der Waals surface area contributed by atoms with Crippen molar-refractivity contribution in [3.05, 3.63) is 127 Å². The second-order valence-electron chi connectivity index (χ2n) is 9.42. The molecule has 200 valence electrons. The van der Waals surface area contributed by atoms with E-state index in [1.54, 1.807) is 18.6 Å². The van der Waals surface area contributed by atoms with Crippen LogP contribution in [0.25, 0.3) is 22.7 Å². The zero-order valence-electron chi connectivity index (χ0n) is 22.3. The van der Waals surface area contributed by atoms with Gasteiger partial charge in [0.05, 0.1) is 35.6 Å². The highest BCUT2D eigenvalue weighted by molar-refractivity contribution is 7.07. The topological polar surface area (TPSA) is 74.8 Å². The van der Waals surface area contributed by atoms with Crippen LogP contribution >= 0.6 is 11.3 Å². The van der Waals surface area contributed by atoms with Gasteiger partial charge in [-0.1, -0.05) is 72.0 Å². The number of methoxy groups -OCH3 is 1. The zero-order chi connectivity index (χ0) is 27.8. The van der Waals surface area contributed by atoms with Gasteiger partial charge >= 0.3 is 5.97 Å². The van der Waals surface area contributed by atoms with Gasteiger partial charge in [-0.05, 0) is 36.8 Å². The molecule has 0 spiro atoms. The lowest BCUT2D eigenvalue weighted by molar-refractivity contribution is -0.138. The number of para-hydroxylation sites is 1. The molecule has 0 N–H and O–H groups in total. The van der Waals surface area contributed by atoms with E-state index in [1.165, 1.54) is 11.3 Å².